The van der Waals surface area contributed by atoms with Crippen molar-refractivity contribution in [1.82, 2.24) is 59.0 Å². The van der Waals surface area contributed by atoms with E-state index in [1.165, 1.54) is 12.4 Å². The van der Waals surface area contributed by atoms with Gasteiger partial charge in [0.25, 0.3) is 11.8 Å². The van der Waals surface area contributed by atoms with Crippen LogP contribution in [0.3, 0.4) is 0 Å². The standard InChI is InChI=1S/C21H23N9O2.C16H20N8O/c1-12-7-29(20(32)21(11-22)3-4-21)9-15(12)26-17-14(18(23)31)6-25-30-10-16(27-19(17)30)13-5-24-28(2)8-13;1-9-3-18-6-12(9)21-14-11(15(17)25)5-20-24-8-13(22-16(14)24)10-4-19-23(2)7-10/h5-6,8,10,12,15,26H,3-4,7,9H2,1-2H3,(H2,23,31);4-5,7-9,12,18,21H,3,6H2,1-2H3,(H2,17,25)/t12-,15+;9-,12+/m00/s1. The number of anilines is 2. The number of primary amides is 2. The molecule has 0 unspecified atom stereocenters. The first-order valence-corrected chi connectivity index (χ1v) is 18.6. The third kappa shape index (κ3) is 6.97. The number of fused-ring (bicyclic) bond motifs is 2. The van der Waals surface area contributed by atoms with E-state index in [0.717, 1.165) is 29.9 Å². The Balaban J connectivity index is 0.000000165. The zero-order chi connectivity index (χ0) is 40.2. The molecule has 0 spiro atoms. The minimum Gasteiger partial charge on any atom is -0.377 e. The normalized spacial score (nSPS) is 20.9. The maximum atomic E-state index is 12.8. The molecule has 8 heterocycles. The number of carbonyl (C=O) groups is 3. The molecule has 20 heteroatoms. The van der Waals surface area contributed by atoms with Gasteiger partial charge in [-0.1, -0.05) is 13.8 Å². The van der Waals surface area contributed by atoms with E-state index in [9.17, 15) is 19.6 Å². The third-order valence-electron chi connectivity index (χ3n) is 11.0. The lowest BCUT2D eigenvalue weighted by molar-refractivity contribution is -0.134. The summed E-state index contributed by atoms with van der Waals surface area (Å²) < 4.78 is 6.64. The highest BCUT2D eigenvalue weighted by atomic mass is 16.2. The summed E-state index contributed by atoms with van der Waals surface area (Å²) in [5.74, 6) is -0.710. The van der Waals surface area contributed by atoms with Crippen LogP contribution in [0.1, 0.15) is 47.4 Å². The Hall–Kier alpha value is -6.88. The van der Waals surface area contributed by atoms with Crippen molar-refractivity contribution in [3.8, 4) is 28.6 Å². The summed E-state index contributed by atoms with van der Waals surface area (Å²) in [7, 11) is 3.67. The van der Waals surface area contributed by atoms with Gasteiger partial charge in [0.1, 0.15) is 5.41 Å². The summed E-state index contributed by atoms with van der Waals surface area (Å²) >= 11 is 0. The Bertz CT molecular complexity index is 2570. The van der Waals surface area contributed by atoms with Crippen LogP contribution in [0.4, 0.5) is 11.4 Å². The Morgan fingerprint density at radius 2 is 1.28 bits per heavy atom. The van der Waals surface area contributed by atoms with Gasteiger partial charge < -0.3 is 32.3 Å². The molecule has 0 radical (unpaired) electrons. The smallest absolute Gasteiger partial charge is 0.252 e. The van der Waals surface area contributed by atoms with Gasteiger partial charge in [-0.2, -0.15) is 25.7 Å². The average Bonchev–Trinajstić information content (AvgIpc) is 3.86. The molecule has 6 aromatic heterocycles. The van der Waals surface area contributed by atoms with E-state index in [-0.39, 0.29) is 29.5 Å². The number of nitrogens with two attached hydrogens (primary N) is 2. The monoisotopic (exact) mass is 773 g/mol. The van der Waals surface area contributed by atoms with E-state index in [4.69, 9.17) is 11.5 Å². The Labute approximate surface area is 326 Å². The molecule has 7 N–H and O–H groups in total. The first-order valence-electron chi connectivity index (χ1n) is 18.6. The second-order valence-corrected chi connectivity index (χ2v) is 15.2. The molecule has 2 aliphatic heterocycles. The van der Waals surface area contributed by atoms with Crippen LogP contribution >= 0.6 is 0 Å². The number of nitrogens with one attached hydrogen (secondary N) is 3. The highest BCUT2D eigenvalue weighted by Crippen LogP contribution is 2.47. The number of carbonyl (C=O) groups excluding carboxylic acids is 3. The maximum Gasteiger partial charge on any atom is 0.252 e. The van der Waals surface area contributed by atoms with Gasteiger partial charge >= 0.3 is 0 Å². The van der Waals surface area contributed by atoms with Gasteiger partial charge in [-0.15, -0.1) is 0 Å². The molecular weight excluding hydrogens is 731 g/mol. The number of aromatic nitrogens is 10. The zero-order valence-electron chi connectivity index (χ0n) is 31.9. The number of amides is 3. The predicted octanol–water partition coefficient (Wildman–Crippen LogP) is 1.04. The Morgan fingerprint density at radius 3 is 1.70 bits per heavy atom. The van der Waals surface area contributed by atoms with Crippen LogP contribution in [0.25, 0.3) is 33.8 Å². The third-order valence-corrected chi connectivity index (χ3v) is 11.0. The van der Waals surface area contributed by atoms with Crippen molar-refractivity contribution >= 4 is 40.4 Å². The van der Waals surface area contributed by atoms with Crippen LogP contribution in [0.2, 0.25) is 0 Å². The van der Waals surface area contributed by atoms with E-state index in [1.807, 2.05) is 39.6 Å². The summed E-state index contributed by atoms with van der Waals surface area (Å²) in [5, 5.41) is 36.5. The molecule has 20 nitrogen and oxygen atoms in total. The van der Waals surface area contributed by atoms with Gasteiger partial charge in [0.15, 0.2) is 11.3 Å². The molecule has 2 saturated heterocycles. The van der Waals surface area contributed by atoms with Gasteiger partial charge in [0.05, 0.1) is 77.1 Å². The van der Waals surface area contributed by atoms with Gasteiger partial charge in [-0.05, 0) is 31.2 Å². The molecule has 3 amide bonds. The molecule has 4 atom stereocenters. The van der Waals surface area contributed by atoms with Crippen molar-refractivity contribution in [3.63, 3.8) is 0 Å². The lowest BCUT2D eigenvalue weighted by atomic mass is 10.1. The number of hydrogen-bond donors (Lipinski definition) is 5. The van der Waals surface area contributed by atoms with E-state index < -0.39 is 17.2 Å². The van der Waals surface area contributed by atoms with Crippen LogP contribution in [0.15, 0.2) is 49.6 Å². The van der Waals surface area contributed by atoms with Gasteiger partial charge in [-0.3, -0.25) is 23.7 Å². The van der Waals surface area contributed by atoms with Gasteiger partial charge in [-0.25, -0.2) is 19.0 Å². The molecule has 6 aromatic rings. The number of aryl methyl sites for hydroxylation is 2. The molecule has 9 rings (SSSR count). The Morgan fingerprint density at radius 1 is 0.754 bits per heavy atom. The fourth-order valence-corrected chi connectivity index (χ4v) is 7.41. The second kappa shape index (κ2) is 14.3. The second-order valence-electron chi connectivity index (χ2n) is 15.2. The topological polar surface area (TPSA) is 262 Å². The minimum absolute atomic E-state index is 0.106. The summed E-state index contributed by atoms with van der Waals surface area (Å²) in [6, 6.07) is 2.24. The summed E-state index contributed by atoms with van der Waals surface area (Å²) in [6.07, 6.45) is 14.9. The largest absolute Gasteiger partial charge is 0.377 e. The minimum atomic E-state index is -0.849. The molecule has 1 aliphatic carbocycles. The first-order chi connectivity index (χ1) is 27.3. The van der Waals surface area contributed by atoms with Gasteiger partial charge in [0.2, 0.25) is 5.91 Å². The van der Waals surface area contributed by atoms with Crippen molar-refractivity contribution < 1.29 is 14.4 Å². The van der Waals surface area contributed by atoms with Crippen LogP contribution in [0.5, 0.6) is 0 Å². The van der Waals surface area contributed by atoms with Gasteiger partial charge in [0, 0.05) is 69.3 Å². The van der Waals surface area contributed by atoms with Crippen LogP contribution < -0.4 is 27.4 Å². The molecule has 1 saturated carbocycles. The summed E-state index contributed by atoms with van der Waals surface area (Å²) in [6.45, 7) is 6.93. The number of nitrogens with zero attached hydrogens (tertiary/aromatic N) is 12. The highest BCUT2D eigenvalue weighted by Gasteiger charge is 2.54. The maximum absolute atomic E-state index is 12.8. The first kappa shape index (κ1) is 37.1. The van der Waals surface area contributed by atoms with E-state index in [0.29, 0.717) is 65.8 Å². The van der Waals surface area contributed by atoms with E-state index in [2.05, 4.69) is 59.3 Å². The van der Waals surface area contributed by atoms with Crippen LogP contribution in [-0.2, 0) is 18.9 Å². The van der Waals surface area contributed by atoms with Crippen molar-refractivity contribution in [2.24, 2.45) is 42.8 Å². The van der Waals surface area contributed by atoms with Crippen molar-refractivity contribution in [2.75, 3.05) is 36.8 Å². The van der Waals surface area contributed by atoms with E-state index >= 15 is 0 Å². The van der Waals surface area contributed by atoms with E-state index in [1.54, 1.807) is 41.9 Å². The quantitative estimate of drug-likeness (QED) is 0.138. The average molecular weight is 774 g/mol. The number of imidazole rings is 2. The molecule has 294 valence electrons. The lowest BCUT2D eigenvalue weighted by Crippen LogP contribution is -2.36. The number of rotatable bonds is 9. The highest BCUT2D eigenvalue weighted by molar-refractivity contribution is 6.02. The molecule has 0 aromatic carbocycles. The molecule has 0 bridgehead atoms. The molecule has 3 fully saturated rings. The summed E-state index contributed by atoms with van der Waals surface area (Å²) in [5.41, 5.74) is 16.2. The SMILES string of the molecule is C[C@H]1CN(C(=O)C2(C#N)CC2)C[C@H]1Nc1c(C(N)=O)cnn2cc(-c3cnn(C)c3)nc12.C[C@H]1CNC[C@H]1Nc1c(C(N)=O)cnn2cc(-c3cnn(C)c3)nc12. The van der Waals surface area contributed by atoms with Crippen LogP contribution in [-0.4, -0.2) is 110 Å². The van der Waals surface area contributed by atoms with Crippen LogP contribution in [0, 0.1) is 28.6 Å². The summed E-state index contributed by atoms with van der Waals surface area (Å²) in [4.78, 5) is 47.9. The molecular formula is C37H43N17O3. The number of likely N-dealkylation sites (tertiary alicyclic amines) is 1. The van der Waals surface area contributed by atoms with Crippen molar-refractivity contribution in [3.05, 3.63) is 60.7 Å². The number of hydrogen-bond acceptors (Lipinski definition) is 13. The van der Waals surface area contributed by atoms with Crippen molar-refractivity contribution in [2.45, 2.75) is 38.8 Å². The molecule has 57 heavy (non-hydrogen) atoms. The fourth-order valence-electron chi connectivity index (χ4n) is 7.41. The number of nitriles is 1. The predicted molar refractivity (Wildman–Crippen MR) is 207 cm³/mol. The molecule has 3 aliphatic rings. The zero-order valence-corrected chi connectivity index (χ0v) is 31.9. The fraction of sp³-hybridized carbons (Fsp3) is 0.405. The Kier molecular flexibility index (Phi) is 9.31. The van der Waals surface area contributed by atoms with Crippen molar-refractivity contribution in [1.29, 1.82) is 5.26 Å². The lowest BCUT2D eigenvalue weighted by Gasteiger charge is -2.21.